The van der Waals surface area contributed by atoms with Crippen LogP contribution in [-0.2, 0) is 17.6 Å². The first-order valence-corrected chi connectivity index (χ1v) is 8.60. The predicted octanol–water partition coefficient (Wildman–Crippen LogP) is 1.80. The summed E-state index contributed by atoms with van der Waals surface area (Å²) in [6.07, 6.45) is 10.5. The van der Waals surface area contributed by atoms with Gasteiger partial charge in [0, 0.05) is 17.3 Å². The van der Waals surface area contributed by atoms with Crippen LogP contribution in [0.2, 0.25) is 0 Å². The molecule has 3 aliphatic rings. The van der Waals surface area contributed by atoms with Crippen molar-refractivity contribution in [2.75, 3.05) is 0 Å². The third-order valence-electron chi connectivity index (χ3n) is 4.97. The molecule has 122 valence electrons. The molecule has 3 aliphatic carbocycles. The third-order valence-corrected chi connectivity index (χ3v) is 4.97. The van der Waals surface area contributed by atoms with Crippen LogP contribution in [0.25, 0.3) is 0 Å². The third kappa shape index (κ3) is 3.16. The predicted molar refractivity (Wildman–Crippen MR) is 84.4 cm³/mol. The number of carbonyl (C=O) groups is 2. The molecule has 4 rings (SSSR count). The van der Waals surface area contributed by atoms with Crippen LogP contribution in [-0.4, -0.2) is 22.0 Å². The number of allylic oxidation sites excluding steroid dienone is 1. The molecule has 1 aromatic heterocycles. The molecule has 2 fully saturated rings. The maximum Gasteiger partial charge on any atom is 0.290 e. The van der Waals surface area contributed by atoms with E-state index >= 15 is 0 Å². The molecule has 0 bridgehead atoms. The Bertz CT molecular complexity index is 654. The molecule has 1 heterocycles. The van der Waals surface area contributed by atoms with Crippen molar-refractivity contribution in [3.63, 3.8) is 0 Å². The smallest absolute Gasteiger partial charge is 0.281 e. The van der Waals surface area contributed by atoms with Gasteiger partial charge < -0.3 is 0 Å². The second-order valence-electron chi connectivity index (χ2n) is 6.87. The van der Waals surface area contributed by atoms with Crippen molar-refractivity contribution in [1.29, 1.82) is 0 Å². The molecule has 0 spiro atoms. The fraction of sp³-hybridized carbons (Fsp3) is 0.588. The van der Waals surface area contributed by atoms with E-state index in [4.69, 9.17) is 0 Å². The van der Waals surface area contributed by atoms with Gasteiger partial charge in [0.2, 0.25) is 0 Å². The van der Waals surface area contributed by atoms with E-state index in [1.54, 1.807) is 6.08 Å². The van der Waals surface area contributed by atoms with Crippen LogP contribution in [0.1, 0.15) is 60.3 Å². The lowest BCUT2D eigenvalue weighted by atomic mass is 9.96. The lowest BCUT2D eigenvalue weighted by Crippen LogP contribution is -2.41. The molecular formula is C17H22N4O2. The Morgan fingerprint density at radius 1 is 1.04 bits per heavy atom. The summed E-state index contributed by atoms with van der Waals surface area (Å²) in [4.78, 5) is 24.3. The van der Waals surface area contributed by atoms with Crippen molar-refractivity contribution in [3.05, 3.63) is 28.6 Å². The summed E-state index contributed by atoms with van der Waals surface area (Å²) in [6, 6.07) is 0. The van der Waals surface area contributed by atoms with Crippen LogP contribution in [0.4, 0.5) is 0 Å². The largest absolute Gasteiger partial charge is 0.290 e. The molecule has 2 amide bonds. The molecule has 6 heteroatoms. The molecular weight excluding hydrogens is 292 g/mol. The number of fused-ring (bicyclic) bond motifs is 1. The van der Waals surface area contributed by atoms with Crippen molar-refractivity contribution in [3.8, 4) is 0 Å². The van der Waals surface area contributed by atoms with E-state index in [-0.39, 0.29) is 11.8 Å². The van der Waals surface area contributed by atoms with E-state index in [0.717, 1.165) is 36.9 Å². The molecule has 0 aromatic carbocycles. The minimum atomic E-state index is -0.342. The van der Waals surface area contributed by atoms with Crippen molar-refractivity contribution < 1.29 is 9.59 Å². The maximum atomic E-state index is 12.2. The molecule has 0 saturated heterocycles. The normalized spacial score (nSPS) is 19.7. The topological polar surface area (TPSA) is 86.9 Å². The quantitative estimate of drug-likeness (QED) is 0.585. The van der Waals surface area contributed by atoms with Crippen LogP contribution >= 0.6 is 0 Å². The van der Waals surface area contributed by atoms with Gasteiger partial charge in [0.15, 0.2) is 5.69 Å². The second-order valence-corrected chi connectivity index (χ2v) is 6.87. The van der Waals surface area contributed by atoms with Crippen LogP contribution in [0.3, 0.4) is 0 Å². The van der Waals surface area contributed by atoms with Crippen molar-refractivity contribution in [2.45, 2.75) is 51.4 Å². The average Bonchev–Trinajstić information content (AvgIpc) is 3.47. The first-order valence-electron chi connectivity index (χ1n) is 8.60. The van der Waals surface area contributed by atoms with E-state index in [9.17, 15) is 9.59 Å². The summed E-state index contributed by atoms with van der Waals surface area (Å²) in [7, 11) is 0. The maximum absolute atomic E-state index is 12.2. The number of hydrogen-bond acceptors (Lipinski definition) is 3. The lowest BCUT2D eigenvalue weighted by Gasteiger charge is -2.11. The minimum Gasteiger partial charge on any atom is -0.281 e. The summed E-state index contributed by atoms with van der Waals surface area (Å²) in [6.45, 7) is 0. The molecule has 0 aliphatic heterocycles. The summed E-state index contributed by atoms with van der Waals surface area (Å²) in [5.74, 6) is 0.617. The average molecular weight is 314 g/mol. The number of hydrogen-bond donors (Lipinski definition) is 3. The number of nitrogens with one attached hydrogen (secondary N) is 3. The monoisotopic (exact) mass is 314 g/mol. The van der Waals surface area contributed by atoms with Crippen molar-refractivity contribution in [1.82, 2.24) is 21.0 Å². The first-order chi connectivity index (χ1) is 11.2. The zero-order valence-electron chi connectivity index (χ0n) is 13.2. The highest BCUT2D eigenvalue weighted by Crippen LogP contribution is 2.48. The molecule has 0 atom stereocenters. The number of carbonyl (C=O) groups excluding carboxylic acids is 2. The van der Waals surface area contributed by atoms with Gasteiger partial charge in [0.1, 0.15) is 0 Å². The van der Waals surface area contributed by atoms with Crippen molar-refractivity contribution in [2.24, 2.45) is 11.8 Å². The molecule has 6 nitrogen and oxygen atoms in total. The Balaban J connectivity index is 1.37. The summed E-state index contributed by atoms with van der Waals surface area (Å²) in [5, 5.41) is 7.05. The Hall–Kier alpha value is -2.11. The second kappa shape index (κ2) is 5.83. The van der Waals surface area contributed by atoms with Crippen molar-refractivity contribution >= 4 is 11.8 Å². The number of rotatable bonds is 4. The fourth-order valence-electron chi connectivity index (χ4n) is 3.44. The number of amides is 2. The van der Waals surface area contributed by atoms with E-state index in [2.05, 4.69) is 21.0 Å². The van der Waals surface area contributed by atoms with Gasteiger partial charge >= 0.3 is 0 Å². The highest BCUT2D eigenvalue weighted by Gasteiger charge is 2.36. The molecule has 1 aromatic rings. The Kier molecular flexibility index (Phi) is 3.67. The SMILES string of the molecule is O=C(C=C(C1CC1)C1CC1)NNC(=O)c1n[nH]c2c1CCCC2. The number of aromatic amines is 1. The van der Waals surface area contributed by atoms with E-state index in [1.165, 1.54) is 31.3 Å². The number of aromatic nitrogens is 2. The fourth-order valence-corrected chi connectivity index (χ4v) is 3.44. The summed E-state index contributed by atoms with van der Waals surface area (Å²) >= 11 is 0. The van der Waals surface area contributed by atoms with Gasteiger partial charge in [0.25, 0.3) is 11.8 Å². The Labute approximate surface area is 135 Å². The van der Waals surface area contributed by atoms with Gasteiger partial charge in [-0.05, 0) is 63.2 Å². The highest BCUT2D eigenvalue weighted by atomic mass is 16.2. The summed E-state index contributed by atoms with van der Waals surface area (Å²) in [5.41, 5.74) is 8.73. The number of H-pyrrole nitrogens is 1. The van der Waals surface area contributed by atoms with E-state index in [1.807, 2.05) is 0 Å². The van der Waals surface area contributed by atoms with Gasteiger partial charge in [-0.3, -0.25) is 25.5 Å². The minimum absolute atomic E-state index is 0.239. The number of nitrogens with zero attached hydrogens (tertiary/aromatic N) is 1. The number of hydrazine groups is 1. The molecule has 3 N–H and O–H groups in total. The zero-order valence-corrected chi connectivity index (χ0v) is 13.2. The van der Waals surface area contributed by atoms with Gasteiger partial charge in [-0.2, -0.15) is 5.10 Å². The lowest BCUT2D eigenvalue weighted by molar-refractivity contribution is -0.117. The highest BCUT2D eigenvalue weighted by molar-refractivity contribution is 5.96. The van der Waals surface area contributed by atoms with Crippen LogP contribution in [0.5, 0.6) is 0 Å². The van der Waals surface area contributed by atoms with E-state index < -0.39 is 0 Å². The van der Waals surface area contributed by atoms with Gasteiger partial charge in [-0.25, -0.2) is 0 Å². The standard InChI is InChI=1S/C17H22N4O2/c22-15(9-13(10-5-6-10)11-7-8-11)19-21-17(23)16-12-3-1-2-4-14(12)18-20-16/h9-11H,1-8H2,(H,18,20)(H,19,22)(H,21,23). The zero-order chi connectivity index (χ0) is 15.8. The van der Waals surface area contributed by atoms with Gasteiger partial charge in [-0.1, -0.05) is 5.57 Å². The van der Waals surface area contributed by atoms with E-state index in [0.29, 0.717) is 17.5 Å². The van der Waals surface area contributed by atoms with Crippen LogP contribution < -0.4 is 10.9 Å². The molecule has 23 heavy (non-hydrogen) atoms. The molecule has 2 saturated carbocycles. The van der Waals surface area contributed by atoms with Gasteiger partial charge in [-0.15, -0.1) is 0 Å². The van der Waals surface area contributed by atoms with Crippen LogP contribution in [0.15, 0.2) is 11.6 Å². The Morgan fingerprint density at radius 2 is 1.74 bits per heavy atom. The Morgan fingerprint density at radius 3 is 2.43 bits per heavy atom. The first kappa shape index (κ1) is 14.5. The summed E-state index contributed by atoms with van der Waals surface area (Å²) < 4.78 is 0. The molecule has 0 unspecified atom stereocenters. The van der Waals surface area contributed by atoms with Crippen LogP contribution in [0, 0.1) is 11.8 Å². The number of aryl methyl sites for hydroxylation is 1. The van der Waals surface area contributed by atoms with Gasteiger partial charge in [0.05, 0.1) is 0 Å². The molecule has 0 radical (unpaired) electrons.